The van der Waals surface area contributed by atoms with Gasteiger partial charge in [0.05, 0.1) is 11.5 Å². The summed E-state index contributed by atoms with van der Waals surface area (Å²) in [5.74, 6) is 0.336. The van der Waals surface area contributed by atoms with Gasteiger partial charge in [0.15, 0.2) is 18.1 Å². The molecule has 11 nitrogen and oxygen atoms in total. The highest BCUT2D eigenvalue weighted by Crippen LogP contribution is 2.29. The van der Waals surface area contributed by atoms with E-state index >= 15 is 0 Å². The summed E-state index contributed by atoms with van der Waals surface area (Å²) in [5.41, 5.74) is -0.826. The van der Waals surface area contributed by atoms with Crippen LogP contribution in [0.2, 0.25) is 0 Å². The van der Waals surface area contributed by atoms with E-state index in [0.29, 0.717) is 29.4 Å². The van der Waals surface area contributed by atoms with Crippen molar-refractivity contribution in [2.24, 2.45) is 0 Å². The predicted octanol–water partition coefficient (Wildman–Crippen LogP) is 2.87. The summed E-state index contributed by atoms with van der Waals surface area (Å²) in [7, 11) is 0. The van der Waals surface area contributed by atoms with Gasteiger partial charge < -0.3 is 19.8 Å². The summed E-state index contributed by atoms with van der Waals surface area (Å²) in [4.78, 5) is 49.9. The molecule has 0 unspecified atom stereocenters. The molecule has 0 aliphatic heterocycles. The summed E-state index contributed by atoms with van der Waals surface area (Å²) in [6.45, 7) is 3.74. The number of ether oxygens (including phenoxy) is 2. The van der Waals surface area contributed by atoms with Crippen LogP contribution in [0, 0.1) is 17.0 Å². The molecule has 1 aromatic heterocycles. The molecule has 34 heavy (non-hydrogen) atoms. The minimum absolute atomic E-state index is 0.245. The van der Waals surface area contributed by atoms with Crippen LogP contribution < -0.4 is 26.0 Å². The summed E-state index contributed by atoms with van der Waals surface area (Å²) in [6.07, 6.45) is 2.71. The third-order valence-electron chi connectivity index (χ3n) is 4.62. The highest BCUT2D eigenvalue weighted by atomic mass is 16.6. The number of amides is 1. The molecule has 2 aromatic carbocycles. The fourth-order valence-electron chi connectivity index (χ4n) is 3.04. The van der Waals surface area contributed by atoms with Crippen molar-refractivity contribution in [2.75, 3.05) is 18.5 Å². The average molecular weight is 466 g/mol. The molecule has 11 heteroatoms. The number of carbonyl (C=O) groups is 1. The van der Waals surface area contributed by atoms with Crippen LogP contribution in [0.25, 0.3) is 12.2 Å². The SMILES string of the molecule is CCOc1cc(/C=C/c2[nH]c(=O)[nH]c(=O)c2[N+](=O)[O-])ccc1OCC(=O)Nc1ccccc1C. The normalized spacial score (nSPS) is 10.8. The highest BCUT2D eigenvalue weighted by molar-refractivity contribution is 5.92. The Hall–Kier alpha value is -4.67. The molecule has 3 N–H and O–H groups in total. The van der Waals surface area contributed by atoms with Gasteiger partial charge in [-0.2, -0.15) is 0 Å². The van der Waals surface area contributed by atoms with Gasteiger partial charge in [-0.1, -0.05) is 30.3 Å². The lowest BCUT2D eigenvalue weighted by molar-refractivity contribution is -0.386. The van der Waals surface area contributed by atoms with E-state index in [9.17, 15) is 24.5 Å². The molecule has 0 fully saturated rings. The van der Waals surface area contributed by atoms with E-state index in [1.807, 2.05) is 30.1 Å². The van der Waals surface area contributed by atoms with Crippen LogP contribution in [-0.4, -0.2) is 34.0 Å². The minimum Gasteiger partial charge on any atom is -0.490 e. The van der Waals surface area contributed by atoms with Crippen LogP contribution in [0.1, 0.15) is 23.7 Å². The van der Waals surface area contributed by atoms with Crippen molar-refractivity contribution in [3.63, 3.8) is 0 Å². The first-order valence-corrected chi connectivity index (χ1v) is 10.2. The second kappa shape index (κ2) is 10.8. The van der Waals surface area contributed by atoms with Crippen LogP contribution in [0.5, 0.6) is 11.5 Å². The summed E-state index contributed by atoms with van der Waals surface area (Å²) >= 11 is 0. The monoisotopic (exact) mass is 466 g/mol. The number of nitro groups is 1. The van der Waals surface area contributed by atoms with Crippen molar-refractivity contribution < 1.29 is 19.2 Å². The molecule has 1 amide bonds. The van der Waals surface area contributed by atoms with Crippen molar-refractivity contribution >= 4 is 29.4 Å². The average Bonchev–Trinajstić information content (AvgIpc) is 2.78. The maximum Gasteiger partial charge on any atom is 0.357 e. The Morgan fingerprint density at radius 3 is 2.56 bits per heavy atom. The van der Waals surface area contributed by atoms with E-state index in [2.05, 4.69) is 10.3 Å². The molecule has 0 aliphatic rings. The third kappa shape index (κ3) is 5.97. The number of hydrogen-bond acceptors (Lipinski definition) is 7. The summed E-state index contributed by atoms with van der Waals surface area (Å²) < 4.78 is 11.2. The molecule has 176 valence electrons. The molecule has 3 rings (SSSR count). The van der Waals surface area contributed by atoms with Crippen molar-refractivity contribution in [1.82, 2.24) is 9.97 Å². The van der Waals surface area contributed by atoms with Gasteiger partial charge in [0.1, 0.15) is 5.69 Å². The zero-order valence-electron chi connectivity index (χ0n) is 18.4. The quantitative estimate of drug-likeness (QED) is 0.323. The molecule has 3 aromatic rings. The number of rotatable bonds is 9. The van der Waals surface area contributed by atoms with E-state index in [4.69, 9.17) is 9.47 Å². The number of H-pyrrole nitrogens is 2. The number of aromatic amines is 2. The highest BCUT2D eigenvalue weighted by Gasteiger charge is 2.19. The standard InChI is InChI=1S/C23H22N4O7/c1-3-33-19-12-15(8-10-17-21(27(31)32)22(29)26-23(30)25-17)9-11-18(19)34-13-20(28)24-16-7-5-4-6-14(16)2/h4-12H,3,13H2,1-2H3,(H,24,28)(H2,25,26,29,30)/b10-8+. The first-order chi connectivity index (χ1) is 16.3. The number of aromatic nitrogens is 2. The zero-order valence-corrected chi connectivity index (χ0v) is 18.4. The van der Waals surface area contributed by atoms with Crippen LogP contribution in [0.4, 0.5) is 11.4 Å². The molecule has 0 aliphatic carbocycles. The number of anilines is 1. The Kier molecular flexibility index (Phi) is 7.60. The molecule has 0 radical (unpaired) electrons. The Labute approximate surface area is 193 Å². The van der Waals surface area contributed by atoms with E-state index in [0.717, 1.165) is 5.56 Å². The fraction of sp³-hybridized carbons (Fsp3) is 0.174. The van der Waals surface area contributed by atoms with Gasteiger partial charge in [0.2, 0.25) is 0 Å². The first kappa shape index (κ1) is 24.0. The van der Waals surface area contributed by atoms with Crippen molar-refractivity contribution in [2.45, 2.75) is 13.8 Å². The Morgan fingerprint density at radius 1 is 1.09 bits per heavy atom. The molecule has 0 bridgehead atoms. The van der Waals surface area contributed by atoms with E-state index in [-0.39, 0.29) is 18.2 Å². The Morgan fingerprint density at radius 2 is 1.85 bits per heavy atom. The number of hydrogen-bond donors (Lipinski definition) is 3. The molecule has 0 saturated heterocycles. The maximum atomic E-state index is 12.3. The van der Waals surface area contributed by atoms with Crippen molar-refractivity contribution in [3.05, 3.63) is 90.2 Å². The maximum absolute atomic E-state index is 12.3. The number of benzene rings is 2. The minimum atomic E-state index is -1.10. The first-order valence-electron chi connectivity index (χ1n) is 10.2. The molecule has 0 saturated carbocycles. The Balaban J connectivity index is 1.78. The lowest BCUT2D eigenvalue weighted by atomic mass is 10.1. The van der Waals surface area contributed by atoms with Crippen LogP contribution in [0.15, 0.2) is 52.1 Å². The topological polar surface area (TPSA) is 156 Å². The van der Waals surface area contributed by atoms with Gasteiger partial charge in [0.25, 0.3) is 5.91 Å². The summed E-state index contributed by atoms with van der Waals surface area (Å²) in [6, 6.07) is 12.2. The van der Waals surface area contributed by atoms with Gasteiger partial charge in [-0.3, -0.25) is 24.7 Å². The lowest BCUT2D eigenvalue weighted by Gasteiger charge is -2.13. The zero-order chi connectivity index (χ0) is 24.7. The molecule has 1 heterocycles. The number of carbonyl (C=O) groups excluding carboxylic acids is 1. The molecular weight excluding hydrogens is 444 g/mol. The second-order valence-electron chi connectivity index (χ2n) is 7.05. The predicted molar refractivity (Wildman–Crippen MR) is 126 cm³/mol. The molecule has 0 spiro atoms. The van der Waals surface area contributed by atoms with Gasteiger partial charge >= 0.3 is 16.9 Å². The van der Waals surface area contributed by atoms with Gasteiger partial charge in [-0.05, 0) is 49.2 Å². The van der Waals surface area contributed by atoms with E-state index < -0.39 is 21.9 Å². The van der Waals surface area contributed by atoms with Gasteiger partial charge in [-0.25, -0.2) is 4.79 Å². The third-order valence-corrected chi connectivity index (χ3v) is 4.62. The Bertz CT molecular complexity index is 1360. The number of para-hydroxylation sites is 1. The van der Waals surface area contributed by atoms with Crippen molar-refractivity contribution in [1.29, 1.82) is 0 Å². The fourth-order valence-corrected chi connectivity index (χ4v) is 3.04. The van der Waals surface area contributed by atoms with E-state index in [1.165, 1.54) is 12.2 Å². The van der Waals surface area contributed by atoms with Crippen LogP contribution in [0.3, 0.4) is 0 Å². The van der Waals surface area contributed by atoms with Crippen molar-refractivity contribution in [3.8, 4) is 11.5 Å². The molecular formula is C23H22N4O7. The smallest absolute Gasteiger partial charge is 0.357 e. The van der Waals surface area contributed by atoms with Gasteiger partial charge in [-0.15, -0.1) is 0 Å². The van der Waals surface area contributed by atoms with Gasteiger partial charge in [0, 0.05) is 5.69 Å². The van der Waals surface area contributed by atoms with Crippen LogP contribution in [-0.2, 0) is 4.79 Å². The number of nitrogens with zero attached hydrogens (tertiary/aromatic N) is 1. The second-order valence-corrected chi connectivity index (χ2v) is 7.05. The van der Waals surface area contributed by atoms with Crippen LogP contribution >= 0.6 is 0 Å². The lowest BCUT2D eigenvalue weighted by Crippen LogP contribution is -2.25. The largest absolute Gasteiger partial charge is 0.490 e. The number of aryl methyl sites for hydroxylation is 1. The van der Waals surface area contributed by atoms with E-state index in [1.54, 1.807) is 31.2 Å². The number of nitrogens with one attached hydrogen (secondary N) is 3. The molecule has 0 atom stereocenters. The summed E-state index contributed by atoms with van der Waals surface area (Å²) in [5, 5.41) is 13.9.